The van der Waals surface area contributed by atoms with Gasteiger partial charge < -0.3 is 10.1 Å². The second-order valence-electron chi connectivity index (χ2n) is 5.97. The van der Waals surface area contributed by atoms with Crippen LogP contribution in [0.25, 0.3) is 0 Å². The third-order valence-electron chi connectivity index (χ3n) is 3.84. The maximum Gasteiger partial charge on any atom is 0.338 e. The van der Waals surface area contributed by atoms with E-state index in [1.807, 2.05) is 0 Å². The molecule has 2 aromatic carbocycles. The van der Waals surface area contributed by atoms with Gasteiger partial charge in [0.1, 0.15) is 11.9 Å². The number of hydrogen-bond acceptors (Lipinski definition) is 5. The number of para-hydroxylation sites is 1. The molecule has 0 aliphatic rings. The van der Waals surface area contributed by atoms with Gasteiger partial charge in [0.25, 0.3) is 0 Å². The van der Waals surface area contributed by atoms with Crippen LogP contribution in [-0.4, -0.2) is 39.2 Å². The van der Waals surface area contributed by atoms with Gasteiger partial charge in [-0.15, -0.1) is 0 Å². The molecule has 0 radical (unpaired) electrons. The Morgan fingerprint density at radius 1 is 1.14 bits per heavy atom. The van der Waals surface area contributed by atoms with Crippen LogP contribution in [0.5, 0.6) is 0 Å². The molecule has 1 amide bonds. The second-order valence-corrected chi connectivity index (χ2v) is 7.83. The predicted molar refractivity (Wildman–Crippen MR) is 104 cm³/mol. The lowest BCUT2D eigenvalue weighted by atomic mass is 10.2. The Morgan fingerprint density at radius 2 is 1.75 bits per heavy atom. The molecular weight excluding hydrogens is 387 g/mol. The molecule has 0 unspecified atom stereocenters. The zero-order chi connectivity index (χ0) is 20.9. The summed E-state index contributed by atoms with van der Waals surface area (Å²) >= 11 is 0. The molecule has 150 valence electrons. The Labute approximate surface area is 163 Å². The Morgan fingerprint density at radius 3 is 2.29 bits per heavy atom. The fourth-order valence-electron chi connectivity index (χ4n) is 2.56. The van der Waals surface area contributed by atoms with Gasteiger partial charge in [-0.3, -0.25) is 9.10 Å². The number of carbonyl (C=O) groups excluding carboxylic acids is 2. The van der Waals surface area contributed by atoms with Crippen LogP contribution < -0.4 is 9.62 Å². The van der Waals surface area contributed by atoms with Crippen molar-refractivity contribution in [1.29, 1.82) is 0 Å². The number of carbonyl (C=O) groups is 2. The molecule has 7 nitrogen and oxygen atoms in total. The number of esters is 1. The Balaban J connectivity index is 2.22. The fourth-order valence-corrected chi connectivity index (χ4v) is 3.74. The Hall–Kier alpha value is -2.94. The zero-order valence-corrected chi connectivity index (χ0v) is 16.5. The molecule has 0 fully saturated rings. The van der Waals surface area contributed by atoms with Crippen LogP contribution in [-0.2, 0) is 19.6 Å². The smallest absolute Gasteiger partial charge is 0.338 e. The van der Waals surface area contributed by atoms with Crippen molar-refractivity contribution in [2.75, 3.05) is 22.5 Å². The van der Waals surface area contributed by atoms with E-state index >= 15 is 0 Å². The number of nitrogens with zero attached hydrogens (tertiary/aromatic N) is 1. The van der Waals surface area contributed by atoms with Crippen LogP contribution in [0, 0.1) is 5.82 Å². The molecule has 0 bridgehead atoms. The number of sulfonamides is 1. The highest BCUT2D eigenvalue weighted by molar-refractivity contribution is 7.92. The number of ether oxygens (including phenoxy) is 1. The summed E-state index contributed by atoms with van der Waals surface area (Å²) in [4.78, 5) is 24.2. The summed E-state index contributed by atoms with van der Waals surface area (Å²) in [7, 11) is -3.93. The molecule has 0 heterocycles. The monoisotopic (exact) mass is 408 g/mol. The van der Waals surface area contributed by atoms with Crippen molar-refractivity contribution in [3.05, 3.63) is 59.9 Å². The van der Waals surface area contributed by atoms with Gasteiger partial charge in [-0.05, 0) is 50.2 Å². The summed E-state index contributed by atoms with van der Waals surface area (Å²) in [5, 5.41) is 2.56. The topological polar surface area (TPSA) is 92.8 Å². The van der Waals surface area contributed by atoms with Gasteiger partial charge in [0.2, 0.25) is 15.9 Å². The van der Waals surface area contributed by atoms with E-state index in [4.69, 9.17) is 4.74 Å². The van der Waals surface area contributed by atoms with Gasteiger partial charge in [-0.2, -0.15) is 0 Å². The number of amides is 1. The third-order valence-corrected chi connectivity index (χ3v) is 5.07. The highest BCUT2D eigenvalue weighted by atomic mass is 32.2. The Bertz CT molecular complexity index is 961. The van der Waals surface area contributed by atoms with Crippen molar-refractivity contribution in [1.82, 2.24) is 0 Å². The average Bonchev–Trinajstić information content (AvgIpc) is 2.63. The van der Waals surface area contributed by atoms with Crippen LogP contribution in [0.15, 0.2) is 48.5 Å². The van der Waals surface area contributed by atoms with Crippen molar-refractivity contribution in [2.45, 2.75) is 19.9 Å². The van der Waals surface area contributed by atoms with Crippen LogP contribution >= 0.6 is 0 Å². The molecule has 9 heteroatoms. The summed E-state index contributed by atoms with van der Waals surface area (Å²) < 4.78 is 44.1. The molecule has 0 saturated heterocycles. The standard InChI is InChI=1S/C19H21FN2O5S/c1-4-27-19(24)14-9-11-15(12-10-14)21-18(23)13(2)22(28(3,25)26)17-8-6-5-7-16(17)20/h5-13H,4H2,1-3H3,(H,21,23)/t13-/m1/s1. The molecule has 28 heavy (non-hydrogen) atoms. The number of anilines is 2. The number of rotatable bonds is 7. The maximum atomic E-state index is 14.1. The van der Waals surface area contributed by atoms with Gasteiger partial charge in [0.05, 0.1) is 24.1 Å². The lowest BCUT2D eigenvalue weighted by Gasteiger charge is -2.28. The van der Waals surface area contributed by atoms with Crippen molar-refractivity contribution in [3.63, 3.8) is 0 Å². The highest BCUT2D eigenvalue weighted by Gasteiger charge is 2.31. The predicted octanol–water partition coefficient (Wildman–Crippen LogP) is 2.80. The minimum absolute atomic E-state index is 0.217. The lowest BCUT2D eigenvalue weighted by Crippen LogP contribution is -2.45. The first-order valence-electron chi connectivity index (χ1n) is 8.47. The molecule has 1 N–H and O–H groups in total. The molecule has 2 aromatic rings. The quantitative estimate of drug-likeness (QED) is 0.711. The van der Waals surface area contributed by atoms with E-state index in [-0.39, 0.29) is 12.3 Å². The van der Waals surface area contributed by atoms with E-state index in [1.54, 1.807) is 6.92 Å². The van der Waals surface area contributed by atoms with E-state index in [9.17, 15) is 22.4 Å². The molecular formula is C19H21FN2O5S. The minimum Gasteiger partial charge on any atom is -0.462 e. The zero-order valence-electron chi connectivity index (χ0n) is 15.7. The van der Waals surface area contributed by atoms with Gasteiger partial charge in [0.15, 0.2) is 0 Å². The van der Waals surface area contributed by atoms with E-state index in [0.29, 0.717) is 11.3 Å². The normalized spacial score (nSPS) is 12.1. The van der Waals surface area contributed by atoms with Crippen molar-refractivity contribution >= 4 is 33.3 Å². The number of nitrogens with one attached hydrogen (secondary N) is 1. The second kappa shape index (κ2) is 8.83. The van der Waals surface area contributed by atoms with Crippen LogP contribution in [0.1, 0.15) is 24.2 Å². The van der Waals surface area contributed by atoms with E-state index < -0.39 is 33.8 Å². The average molecular weight is 408 g/mol. The molecule has 0 spiro atoms. The van der Waals surface area contributed by atoms with E-state index in [2.05, 4.69) is 5.32 Å². The number of benzene rings is 2. The van der Waals surface area contributed by atoms with Crippen molar-refractivity contribution < 1.29 is 27.1 Å². The summed E-state index contributed by atoms with van der Waals surface area (Å²) in [6.07, 6.45) is 0.900. The number of hydrogen-bond donors (Lipinski definition) is 1. The van der Waals surface area contributed by atoms with Crippen molar-refractivity contribution in [2.24, 2.45) is 0 Å². The molecule has 0 aromatic heterocycles. The van der Waals surface area contributed by atoms with Gasteiger partial charge in [0, 0.05) is 5.69 Å². The highest BCUT2D eigenvalue weighted by Crippen LogP contribution is 2.24. The number of halogens is 1. The Kier molecular flexibility index (Phi) is 6.74. The molecule has 1 atom stereocenters. The molecule has 2 rings (SSSR count). The van der Waals surface area contributed by atoms with E-state index in [1.165, 1.54) is 49.4 Å². The van der Waals surface area contributed by atoms with Crippen LogP contribution in [0.2, 0.25) is 0 Å². The van der Waals surface area contributed by atoms with Gasteiger partial charge >= 0.3 is 5.97 Å². The first kappa shape index (κ1) is 21.4. The van der Waals surface area contributed by atoms with Crippen LogP contribution in [0.3, 0.4) is 0 Å². The molecule has 0 aliphatic heterocycles. The first-order valence-corrected chi connectivity index (χ1v) is 10.3. The third kappa shape index (κ3) is 5.07. The summed E-state index contributed by atoms with van der Waals surface area (Å²) in [6.45, 7) is 3.29. The molecule has 0 aliphatic carbocycles. The largest absolute Gasteiger partial charge is 0.462 e. The summed E-state index contributed by atoms with van der Waals surface area (Å²) in [5.74, 6) is -1.90. The minimum atomic E-state index is -3.93. The maximum absolute atomic E-state index is 14.1. The van der Waals surface area contributed by atoms with E-state index in [0.717, 1.165) is 16.6 Å². The lowest BCUT2D eigenvalue weighted by molar-refractivity contribution is -0.116. The molecule has 0 saturated carbocycles. The van der Waals surface area contributed by atoms with Crippen LogP contribution in [0.4, 0.5) is 15.8 Å². The van der Waals surface area contributed by atoms with Gasteiger partial charge in [-0.1, -0.05) is 12.1 Å². The summed E-state index contributed by atoms with van der Waals surface area (Å²) in [6, 6.07) is 10.0. The fraction of sp³-hybridized carbons (Fsp3) is 0.263. The van der Waals surface area contributed by atoms with Crippen molar-refractivity contribution in [3.8, 4) is 0 Å². The summed E-state index contributed by atoms with van der Waals surface area (Å²) in [5.41, 5.74) is 0.453. The SMILES string of the molecule is CCOC(=O)c1ccc(NC(=O)[C@@H](C)N(c2ccccc2F)S(C)(=O)=O)cc1. The first-order chi connectivity index (χ1) is 13.1. The van der Waals surface area contributed by atoms with Gasteiger partial charge in [-0.25, -0.2) is 17.6 Å².